The Hall–Kier alpha value is -3.59. The van der Waals surface area contributed by atoms with E-state index < -0.39 is 4.92 Å². The summed E-state index contributed by atoms with van der Waals surface area (Å²) in [6.07, 6.45) is 2.43. The highest BCUT2D eigenvalue weighted by atomic mass is 35.5. The standard InChI is InChI=1S/C21H20ClN5O4/c1-31-20-7-2-14(22)12-19(20)25-10-8-15(13-25)23-21(28)18-9-11-26(24-18)16-3-5-17(6-4-16)27(29)30/h2-7,9,11-12,15H,8,10,13H2,1H3,(H,23,28). The molecule has 1 unspecified atom stereocenters. The maximum Gasteiger partial charge on any atom is 0.272 e. The molecule has 160 valence electrons. The van der Waals surface area contributed by atoms with E-state index in [2.05, 4.69) is 15.3 Å². The quantitative estimate of drug-likeness (QED) is 0.464. The van der Waals surface area contributed by atoms with Crippen molar-refractivity contribution in [1.82, 2.24) is 15.1 Å². The molecule has 3 aromatic rings. The number of hydrogen-bond donors (Lipinski definition) is 1. The van der Waals surface area contributed by atoms with Gasteiger partial charge in [-0.15, -0.1) is 0 Å². The van der Waals surface area contributed by atoms with Gasteiger partial charge in [0.05, 0.1) is 23.4 Å². The number of halogens is 1. The zero-order valence-electron chi connectivity index (χ0n) is 16.7. The van der Waals surface area contributed by atoms with E-state index in [4.69, 9.17) is 16.3 Å². The lowest BCUT2D eigenvalue weighted by atomic mass is 10.2. The first kappa shape index (κ1) is 20.7. The normalized spacial score (nSPS) is 15.7. The molecule has 1 saturated heterocycles. The van der Waals surface area contributed by atoms with Crippen molar-refractivity contribution >= 4 is 28.9 Å². The molecule has 9 nitrogen and oxygen atoms in total. The fraction of sp³-hybridized carbons (Fsp3) is 0.238. The van der Waals surface area contributed by atoms with Gasteiger partial charge in [-0.25, -0.2) is 4.68 Å². The van der Waals surface area contributed by atoms with Gasteiger partial charge in [0, 0.05) is 42.5 Å². The van der Waals surface area contributed by atoms with Gasteiger partial charge in [0.2, 0.25) is 0 Å². The molecule has 10 heteroatoms. The minimum Gasteiger partial charge on any atom is -0.495 e. The van der Waals surface area contributed by atoms with E-state index in [0.29, 0.717) is 17.3 Å². The maximum absolute atomic E-state index is 12.7. The zero-order chi connectivity index (χ0) is 22.0. The Morgan fingerprint density at radius 2 is 2.03 bits per heavy atom. The van der Waals surface area contributed by atoms with E-state index in [1.807, 2.05) is 12.1 Å². The van der Waals surface area contributed by atoms with Crippen LogP contribution in [0.5, 0.6) is 5.75 Å². The number of amides is 1. The number of benzene rings is 2. The number of methoxy groups -OCH3 is 1. The van der Waals surface area contributed by atoms with E-state index in [-0.39, 0.29) is 23.3 Å². The molecule has 1 aliphatic rings. The lowest BCUT2D eigenvalue weighted by molar-refractivity contribution is -0.384. The summed E-state index contributed by atoms with van der Waals surface area (Å²) < 4.78 is 6.94. The Morgan fingerprint density at radius 3 is 2.74 bits per heavy atom. The number of non-ortho nitro benzene ring substituents is 1. The first-order chi connectivity index (χ1) is 14.9. The average Bonchev–Trinajstić information content (AvgIpc) is 3.44. The van der Waals surface area contributed by atoms with Gasteiger partial charge < -0.3 is 15.0 Å². The largest absolute Gasteiger partial charge is 0.495 e. The van der Waals surface area contributed by atoms with Crippen LogP contribution in [0, 0.1) is 10.1 Å². The molecular weight excluding hydrogens is 422 g/mol. The highest BCUT2D eigenvalue weighted by Crippen LogP contribution is 2.33. The van der Waals surface area contributed by atoms with E-state index in [9.17, 15) is 14.9 Å². The number of carbonyl (C=O) groups is 1. The van der Waals surface area contributed by atoms with Crippen molar-refractivity contribution in [3.63, 3.8) is 0 Å². The summed E-state index contributed by atoms with van der Waals surface area (Å²) in [5.74, 6) is 0.462. The molecule has 31 heavy (non-hydrogen) atoms. The molecule has 0 saturated carbocycles. The van der Waals surface area contributed by atoms with Crippen molar-refractivity contribution in [1.29, 1.82) is 0 Å². The number of anilines is 1. The summed E-state index contributed by atoms with van der Waals surface area (Å²) in [5, 5.41) is 18.7. The van der Waals surface area contributed by atoms with Crippen molar-refractivity contribution in [2.24, 2.45) is 0 Å². The third-order valence-electron chi connectivity index (χ3n) is 5.15. The highest BCUT2D eigenvalue weighted by molar-refractivity contribution is 6.30. The van der Waals surface area contributed by atoms with Crippen molar-refractivity contribution in [2.45, 2.75) is 12.5 Å². The average molecular weight is 442 g/mol. The van der Waals surface area contributed by atoms with E-state index in [1.54, 1.807) is 37.6 Å². The fourth-order valence-electron chi connectivity index (χ4n) is 3.58. The highest BCUT2D eigenvalue weighted by Gasteiger charge is 2.27. The van der Waals surface area contributed by atoms with Crippen LogP contribution in [0.1, 0.15) is 16.9 Å². The molecule has 1 N–H and O–H groups in total. The molecule has 2 aromatic carbocycles. The molecule has 2 heterocycles. The van der Waals surface area contributed by atoms with E-state index >= 15 is 0 Å². The summed E-state index contributed by atoms with van der Waals surface area (Å²) >= 11 is 6.13. The molecule has 0 bridgehead atoms. The number of aromatic nitrogens is 2. The van der Waals surface area contributed by atoms with Gasteiger partial charge >= 0.3 is 0 Å². The fourth-order valence-corrected chi connectivity index (χ4v) is 3.75. The molecule has 1 aromatic heterocycles. The summed E-state index contributed by atoms with van der Waals surface area (Å²) in [7, 11) is 1.61. The SMILES string of the molecule is COc1ccc(Cl)cc1N1CCC(NC(=O)c2ccn(-c3ccc([N+](=O)[O-])cc3)n2)C1. The number of nitrogens with zero attached hydrogens (tertiary/aromatic N) is 4. The predicted molar refractivity (Wildman–Crippen MR) is 116 cm³/mol. The Bertz CT molecular complexity index is 1120. The number of ether oxygens (including phenoxy) is 1. The van der Waals surface area contributed by atoms with Crippen LogP contribution < -0.4 is 15.0 Å². The zero-order valence-corrected chi connectivity index (χ0v) is 17.5. The predicted octanol–water partition coefficient (Wildman–Crippen LogP) is 3.45. The molecular formula is C21H20ClN5O4. The van der Waals surface area contributed by atoms with E-state index in [1.165, 1.54) is 16.8 Å². The number of carbonyl (C=O) groups excluding carboxylic acids is 1. The molecule has 1 aliphatic heterocycles. The molecule has 0 spiro atoms. The second kappa shape index (κ2) is 8.65. The summed E-state index contributed by atoms with van der Waals surface area (Å²) in [6, 6.07) is 13.0. The Balaban J connectivity index is 1.41. The Labute approximate surface area is 183 Å². The van der Waals surface area contributed by atoms with Crippen LogP contribution in [-0.4, -0.2) is 46.9 Å². The van der Waals surface area contributed by atoms with Crippen molar-refractivity contribution in [2.75, 3.05) is 25.1 Å². The molecule has 1 amide bonds. The molecule has 0 aliphatic carbocycles. The van der Waals surface area contributed by atoms with Gasteiger partial charge in [0.25, 0.3) is 11.6 Å². The van der Waals surface area contributed by atoms with Crippen molar-refractivity contribution in [3.05, 3.63) is 75.6 Å². The van der Waals surface area contributed by atoms with Crippen molar-refractivity contribution in [3.8, 4) is 11.4 Å². The summed E-state index contributed by atoms with van der Waals surface area (Å²) in [5.41, 5.74) is 1.80. The number of nitro benzene ring substituents is 1. The number of nitrogens with one attached hydrogen (secondary N) is 1. The smallest absolute Gasteiger partial charge is 0.272 e. The van der Waals surface area contributed by atoms with Crippen LogP contribution in [0.2, 0.25) is 5.02 Å². The van der Waals surface area contributed by atoms with Gasteiger partial charge in [-0.3, -0.25) is 14.9 Å². The Kier molecular flexibility index (Phi) is 5.77. The monoisotopic (exact) mass is 441 g/mol. The van der Waals surface area contributed by atoms with Crippen molar-refractivity contribution < 1.29 is 14.5 Å². The summed E-state index contributed by atoms with van der Waals surface area (Å²) in [4.78, 5) is 25.1. The molecule has 1 fully saturated rings. The van der Waals surface area contributed by atoms with Gasteiger partial charge in [-0.05, 0) is 42.8 Å². The third-order valence-corrected chi connectivity index (χ3v) is 5.39. The van der Waals surface area contributed by atoms with Gasteiger partial charge in [-0.1, -0.05) is 11.6 Å². The van der Waals surface area contributed by atoms with Crippen LogP contribution >= 0.6 is 11.6 Å². The van der Waals surface area contributed by atoms with Crippen LogP contribution in [0.15, 0.2) is 54.7 Å². The minimum atomic E-state index is -0.463. The maximum atomic E-state index is 12.7. The lowest BCUT2D eigenvalue weighted by Gasteiger charge is -2.21. The summed E-state index contributed by atoms with van der Waals surface area (Å²) in [6.45, 7) is 1.39. The van der Waals surface area contributed by atoms with Gasteiger partial charge in [0.1, 0.15) is 5.75 Å². The first-order valence-electron chi connectivity index (χ1n) is 9.64. The second-order valence-electron chi connectivity index (χ2n) is 7.14. The topological polar surface area (TPSA) is 103 Å². The van der Waals surface area contributed by atoms with Gasteiger partial charge in [0.15, 0.2) is 5.69 Å². The second-order valence-corrected chi connectivity index (χ2v) is 7.58. The van der Waals surface area contributed by atoms with Crippen LogP contribution in [0.3, 0.4) is 0 Å². The van der Waals surface area contributed by atoms with Crippen LogP contribution in [-0.2, 0) is 0 Å². The first-order valence-corrected chi connectivity index (χ1v) is 10.0. The molecule has 0 radical (unpaired) electrons. The number of nitro groups is 1. The number of rotatable bonds is 6. The van der Waals surface area contributed by atoms with E-state index in [0.717, 1.165) is 24.4 Å². The third kappa shape index (κ3) is 4.46. The van der Waals surface area contributed by atoms with Crippen LogP contribution in [0.25, 0.3) is 5.69 Å². The van der Waals surface area contributed by atoms with Gasteiger partial charge in [-0.2, -0.15) is 5.10 Å². The molecule has 4 rings (SSSR count). The Morgan fingerprint density at radius 1 is 1.26 bits per heavy atom. The van der Waals surface area contributed by atoms with Crippen LogP contribution in [0.4, 0.5) is 11.4 Å². The lowest BCUT2D eigenvalue weighted by Crippen LogP contribution is -2.37. The number of hydrogen-bond acceptors (Lipinski definition) is 6. The minimum absolute atomic E-state index is 0.00371. The molecule has 1 atom stereocenters.